The molecule has 0 saturated carbocycles. The first-order valence-electron chi connectivity index (χ1n) is 6.31. The van der Waals surface area contributed by atoms with Gasteiger partial charge in [0.1, 0.15) is 0 Å². The smallest absolute Gasteiger partial charge is 0.0399 e. The van der Waals surface area contributed by atoms with Crippen molar-refractivity contribution in [2.24, 2.45) is 0 Å². The van der Waals surface area contributed by atoms with Crippen LogP contribution in [0.25, 0.3) is 0 Å². The zero-order chi connectivity index (χ0) is 13.2. The lowest BCUT2D eigenvalue weighted by Gasteiger charge is -2.25. The molecule has 2 aromatic rings. The average molecular weight is 256 g/mol. The van der Waals surface area contributed by atoms with Crippen LogP contribution in [0.5, 0.6) is 0 Å². The first-order chi connectivity index (χ1) is 8.49. The summed E-state index contributed by atoms with van der Waals surface area (Å²) in [5.74, 6) is 0. The fourth-order valence-electron chi connectivity index (χ4n) is 1.96. The van der Waals surface area contributed by atoms with Crippen LogP contribution in [0.3, 0.4) is 0 Å². The lowest BCUT2D eigenvalue weighted by molar-refractivity contribution is 0.780. The molecule has 0 amide bonds. The highest BCUT2D eigenvalue weighted by Crippen LogP contribution is 2.41. The number of thioether (sulfide) groups is 1. The average Bonchev–Trinajstić information content (AvgIpc) is 2.33. The van der Waals surface area contributed by atoms with Gasteiger partial charge in [0.2, 0.25) is 0 Å². The van der Waals surface area contributed by atoms with Crippen LogP contribution in [-0.4, -0.2) is 0 Å². The van der Waals surface area contributed by atoms with E-state index in [1.54, 1.807) is 0 Å². The minimum absolute atomic E-state index is 0.0970. The van der Waals surface area contributed by atoms with Gasteiger partial charge in [-0.3, -0.25) is 0 Å². The molecule has 2 aromatic carbocycles. The topological polar surface area (TPSA) is 0 Å². The van der Waals surface area contributed by atoms with Crippen LogP contribution < -0.4 is 0 Å². The maximum atomic E-state index is 2.31. The largest absolute Gasteiger partial charge is 0.115 e. The van der Waals surface area contributed by atoms with Crippen molar-refractivity contribution in [3.8, 4) is 0 Å². The zero-order valence-electron chi connectivity index (χ0n) is 11.5. The van der Waals surface area contributed by atoms with Gasteiger partial charge >= 0.3 is 0 Å². The molecule has 0 aliphatic heterocycles. The van der Waals surface area contributed by atoms with Gasteiger partial charge in [-0.15, -0.1) is 11.8 Å². The van der Waals surface area contributed by atoms with Crippen LogP contribution in [-0.2, 0) is 4.75 Å². The van der Waals surface area contributed by atoms with Crippen molar-refractivity contribution in [3.63, 3.8) is 0 Å². The summed E-state index contributed by atoms with van der Waals surface area (Å²) < 4.78 is 0.0970. The van der Waals surface area contributed by atoms with E-state index >= 15 is 0 Å². The third-order valence-corrected chi connectivity index (χ3v) is 4.57. The molecular weight excluding hydrogens is 236 g/mol. The fraction of sp³-hybridized carbons (Fsp3) is 0.294. The summed E-state index contributed by atoms with van der Waals surface area (Å²) in [6.45, 7) is 8.92. The summed E-state index contributed by atoms with van der Waals surface area (Å²) in [5, 5.41) is 0. The molecule has 0 aliphatic carbocycles. The third kappa shape index (κ3) is 2.97. The molecule has 0 atom stereocenters. The maximum Gasteiger partial charge on any atom is 0.0399 e. The molecular formula is C17H20S. The minimum atomic E-state index is 0.0970. The highest BCUT2D eigenvalue weighted by atomic mass is 32.2. The molecule has 0 unspecified atom stereocenters. The Morgan fingerprint density at radius 3 is 2.11 bits per heavy atom. The Balaban J connectivity index is 2.27. The van der Waals surface area contributed by atoms with Crippen LogP contribution >= 0.6 is 11.8 Å². The monoisotopic (exact) mass is 256 g/mol. The van der Waals surface area contributed by atoms with Gasteiger partial charge in [-0.25, -0.2) is 0 Å². The Kier molecular flexibility index (Phi) is 3.82. The summed E-state index contributed by atoms with van der Waals surface area (Å²) in [6, 6.07) is 17.4. The fourth-order valence-corrected chi connectivity index (χ4v) is 3.09. The van der Waals surface area contributed by atoms with Gasteiger partial charge in [0.15, 0.2) is 0 Å². The summed E-state index contributed by atoms with van der Waals surface area (Å²) in [6.07, 6.45) is 0. The molecule has 0 aromatic heterocycles. The second kappa shape index (κ2) is 5.19. The lowest BCUT2D eigenvalue weighted by atomic mass is 9.98. The van der Waals surface area contributed by atoms with E-state index in [9.17, 15) is 0 Å². The molecule has 0 aliphatic rings. The van der Waals surface area contributed by atoms with E-state index in [1.165, 1.54) is 21.6 Å². The Hall–Kier alpha value is -1.21. The van der Waals surface area contributed by atoms with Crippen LogP contribution in [0, 0.1) is 13.8 Å². The van der Waals surface area contributed by atoms with E-state index in [1.807, 2.05) is 11.8 Å². The molecule has 0 saturated heterocycles. The van der Waals surface area contributed by atoms with Crippen molar-refractivity contribution < 1.29 is 0 Å². The van der Waals surface area contributed by atoms with E-state index in [0.717, 1.165) is 0 Å². The highest BCUT2D eigenvalue weighted by Gasteiger charge is 2.22. The van der Waals surface area contributed by atoms with Gasteiger partial charge in [-0.1, -0.05) is 36.4 Å². The minimum Gasteiger partial charge on any atom is -0.115 e. The SMILES string of the molecule is Cc1ccc(C(C)(C)Sc2ccccc2)cc1C. The van der Waals surface area contributed by atoms with Crippen molar-refractivity contribution in [3.05, 3.63) is 65.2 Å². The Morgan fingerprint density at radius 1 is 0.833 bits per heavy atom. The van der Waals surface area contributed by atoms with E-state index < -0.39 is 0 Å². The van der Waals surface area contributed by atoms with E-state index in [4.69, 9.17) is 0 Å². The second-order valence-electron chi connectivity index (χ2n) is 5.22. The first-order valence-corrected chi connectivity index (χ1v) is 7.12. The number of aryl methyl sites for hydroxylation is 2. The normalized spacial score (nSPS) is 11.6. The highest BCUT2D eigenvalue weighted by molar-refractivity contribution is 8.00. The lowest BCUT2D eigenvalue weighted by Crippen LogP contribution is -2.12. The molecule has 18 heavy (non-hydrogen) atoms. The molecule has 94 valence electrons. The predicted octanol–water partition coefficient (Wildman–Crippen LogP) is 5.33. The summed E-state index contributed by atoms with van der Waals surface area (Å²) >= 11 is 1.91. The van der Waals surface area contributed by atoms with Crippen LogP contribution in [0.15, 0.2) is 53.4 Å². The maximum absolute atomic E-state index is 2.31. The van der Waals surface area contributed by atoms with Gasteiger partial charge in [-0.2, -0.15) is 0 Å². The van der Waals surface area contributed by atoms with E-state index in [2.05, 4.69) is 76.2 Å². The van der Waals surface area contributed by atoms with Crippen LogP contribution in [0.4, 0.5) is 0 Å². The summed E-state index contributed by atoms with van der Waals surface area (Å²) in [5.41, 5.74) is 4.12. The standard InChI is InChI=1S/C17H20S/c1-13-10-11-15(12-14(13)2)17(3,4)18-16-8-6-5-7-9-16/h5-12H,1-4H3. The van der Waals surface area contributed by atoms with Crippen molar-refractivity contribution >= 4 is 11.8 Å². The number of hydrogen-bond donors (Lipinski definition) is 0. The summed E-state index contributed by atoms with van der Waals surface area (Å²) in [4.78, 5) is 1.32. The van der Waals surface area contributed by atoms with Crippen molar-refractivity contribution in [2.45, 2.75) is 37.3 Å². The number of rotatable bonds is 3. The van der Waals surface area contributed by atoms with E-state index in [0.29, 0.717) is 0 Å². The summed E-state index contributed by atoms with van der Waals surface area (Å²) in [7, 11) is 0. The molecule has 0 spiro atoms. The number of benzene rings is 2. The molecule has 0 nitrogen and oxygen atoms in total. The molecule has 1 heteroatoms. The first kappa shape index (κ1) is 13.2. The molecule has 2 rings (SSSR count). The Morgan fingerprint density at radius 2 is 1.50 bits per heavy atom. The number of hydrogen-bond acceptors (Lipinski definition) is 1. The molecule has 0 heterocycles. The van der Waals surface area contributed by atoms with E-state index in [-0.39, 0.29) is 4.75 Å². The van der Waals surface area contributed by atoms with Crippen LogP contribution in [0.1, 0.15) is 30.5 Å². The molecule has 0 fully saturated rings. The van der Waals surface area contributed by atoms with Gasteiger partial charge in [0, 0.05) is 9.64 Å². The predicted molar refractivity (Wildman–Crippen MR) is 81.2 cm³/mol. The quantitative estimate of drug-likeness (QED) is 0.669. The molecule has 0 radical (unpaired) electrons. The van der Waals surface area contributed by atoms with Gasteiger partial charge in [0.25, 0.3) is 0 Å². The van der Waals surface area contributed by atoms with Gasteiger partial charge in [-0.05, 0) is 56.5 Å². The molecule has 0 N–H and O–H groups in total. The Bertz CT molecular complexity index is 527. The van der Waals surface area contributed by atoms with Crippen LogP contribution in [0.2, 0.25) is 0 Å². The van der Waals surface area contributed by atoms with Gasteiger partial charge in [0.05, 0.1) is 0 Å². The second-order valence-corrected chi connectivity index (χ2v) is 6.92. The molecule has 0 bridgehead atoms. The zero-order valence-corrected chi connectivity index (χ0v) is 12.3. The van der Waals surface area contributed by atoms with Gasteiger partial charge < -0.3 is 0 Å². The van der Waals surface area contributed by atoms with Crippen molar-refractivity contribution in [1.82, 2.24) is 0 Å². The third-order valence-electron chi connectivity index (χ3n) is 3.32. The van der Waals surface area contributed by atoms with Crippen molar-refractivity contribution in [2.75, 3.05) is 0 Å². The Labute approximate surface area is 114 Å². The van der Waals surface area contributed by atoms with Crippen molar-refractivity contribution in [1.29, 1.82) is 0 Å².